The molecule has 2 heteroatoms. The van der Waals surface area contributed by atoms with Crippen molar-refractivity contribution in [1.29, 1.82) is 0 Å². The van der Waals surface area contributed by atoms with Crippen molar-refractivity contribution >= 4 is 0 Å². The van der Waals surface area contributed by atoms with Crippen molar-refractivity contribution in [2.24, 2.45) is 11.8 Å². The fourth-order valence-corrected chi connectivity index (χ4v) is 1.17. The second-order valence-corrected chi connectivity index (χ2v) is 4.60. The average Bonchev–Trinajstić information content (AvgIpc) is 1.86. The molecule has 0 saturated carbocycles. The third-order valence-corrected chi connectivity index (χ3v) is 3.27. The molecular weight excluding hydrogens is 152 g/mol. The maximum Gasteiger partial charge on any atom is 0.0927 e. The largest absolute Gasteiger partial charge is 0.387 e. The van der Waals surface area contributed by atoms with Gasteiger partial charge in [-0.1, -0.05) is 27.7 Å². The Labute approximate surface area is 75.6 Å². The highest BCUT2D eigenvalue weighted by molar-refractivity contribution is 4.97. The van der Waals surface area contributed by atoms with Gasteiger partial charge in [0.05, 0.1) is 11.2 Å². The van der Waals surface area contributed by atoms with Crippen LogP contribution in [0, 0.1) is 11.8 Å². The lowest BCUT2D eigenvalue weighted by atomic mass is 9.72. The van der Waals surface area contributed by atoms with Crippen LogP contribution >= 0.6 is 0 Å². The molecule has 0 aromatic heterocycles. The third kappa shape index (κ3) is 1.80. The summed E-state index contributed by atoms with van der Waals surface area (Å²) < 4.78 is 0. The molecule has 0 spiro atoms. The fraction of sp³-hybridized carbons (Fsp3) is 1.00. The second kappa shape index (κ2) is 3.35. The third-order valence-electron chi connectivity index (χ3n) is 3.27. The predicted molar refractivity (Wildman–Crippen MR) is 50.9 cm³/mol. The molecule has 0 aliphatic rings. The molecular formula is C10H22O2. The van der Waals surface area contributed by atoms with E-state index in [2.05, 4.69) is 0 Å². The van der Waals surface area contributed by atoms with E-state index in [1.54, 1.807) is 13.8 Å². The van der Waals surface area contributed by atoms with Gasteiger partial charge in [0.1, 0.15) is 0 Å². The van der Waals surface area contributed by atoms with Crippen molar-refractivity contribution in [3.8, 4) is 0 Å². The van der Waals surface area contributed by atoms with Crippen molar-refractivity contribution in [2.45, 2.75) is 52.7 Å². The smallest absolute Gasteiger partial charge is 0.0927 e. The predicted octanol–water partition coefficient (Wildman–Crippen LogP) is 1.80. The Bertz CT molecular complexity index is 128. The average molecular weight is 174 g/mol. The molecule has 0 radical (unpaired) electrons. The highest BCUT2D eigenvalue weighted by Crippen LogP contribution is 2.34. The lowest BCUT2D eigenvalue weighted by molar-refractivity contribution is -0.176. The number of hydrogen-bond acceptors (Lipinski definition) is 2. The summed E-state index contributed by atoms with van der Waals surface area (Å²) in [7, 11) is 0. The van der Waals surface area contributed by atoms with E-state index in [1.165, 1.54) is 0 Å². The van der Waals surface area contributed by atoms with Gasteiger partial charge >= 0.3 is 0 Å². The minimum atomic E-state index is -1.03. The molecule has 0 heterocycles. The lowest BCUT2D eigenvalue weighted by Crippen LogP contribution is -2.56. The number of rotatable bonds is 3. The van der Waals surface area contributed by atoms with Crippen LogP contribution in [0.3, 0.4) is 0 Å². The Morgan fingerprint density at radius 3 is 1.00 bits per heavy atom. The van der Waals surface area contributed by atoms with E-state index in [4.69, 9.17) is 0 Å². The molecule has 0 aliphatic carbocycles. The number of aliphatic hydroxyl groups is 2. The SMILES string of the molecule is CC(C)[C@](C)(O)[C@](C)(O)C(C)C. The van der Waals surface area contributed by atoms with Crippen molar-refractivity contribution in [2.75, 3.05) is 0 Å². The first-order valence-electron chi connectivity index (χ1n) is 4.58. The Morgan fingerprint density at radius 2 is 0.917 bits per heavy atom. The first-order valence-corrected chi connectivity index (χ1v) is 4.58. The minimum absolute atomic E-state index is 0.0508. The van der Waals surface area contributed by atoms with Crippen LogP contribution in [-0.2, 0) is 0 Å². The van der Waals surface area contributed by atoms with Crippen LogP contribution < -0.4 is 0 Å². The molecule has 0 bridgehead atoms. The molecule has 0 rings (SSSR count). The molecule has 12 heavy (non-hydrogen) atoms. The molecule has 0 amide bonds. The lowest BCUT2D eigenvalue weighted by Gasteiger charge is -2.44. The standard InChI is InChI=1S/C10H22O2/c1-7(2)9(5,11)10(6,12)8(3)4/h7-8,11-12H,1-6H3/t9-,10+. The molecule has 0 unspecified atom stereocenters. The Hall–Kier alpha value is -0.0800. The van der Waals surface area contributed by atoms with Gasteiger partial charge < -0.3 is 10.2 Å². The normalized spacial score (nSPS) is 22.5. The summed E-state index contributed by atoms with van der Waals surface area (Å²) in [6.07, 6.45) is 0. The maximum atomic E-state index is 10.0. The highest BCUT2D eigenvalue weighted by Gasteiger charge is 2.45. The second-order valence-electron chi connectivity index (χ2n) is 4.60. The molecule has 0 fully saturated rings. The Balaban J connectivity index is 4.75. The van der Waals surface area contributed by atoms with Crippen LogP contribution in [0.5, 0.6) is 0 Å². The fourth-order valence-electron chi connectivity index (χ4n) is 1.17. The first kappa shape index (κ1) is 11.9. The molecule has 74 valence electrons. The minimum Gasteiger partial charge on any atom is -0.387 e. The van der Waals surface area contributed by atoms with Crippen LogP contribution in [0.15, 0.2) is 0 Å². The highest BCUT2D eigenvalue weighted by atomic mass is 16.4. The van der Waals surface area contributed by atoms with Crippen LogP contribution in [-0.4, -0.2) is 21.4 Å². The van der Waals surface area contributed by atoms with Crippen molar-refractivity contribution < 1.29 is 10.2 Å². The summed E-state index contributed by atoms with van der Waals surface area (Å²) in [6.45, 7) is 11.0. The van der Waals surface area contributed by atoms with E-state index in [1.807, 2.05) is 27.7 Å². The van der Waals surface area contributed by atoms with E-state index < -0.39 is 11.2 Å². The van der Waals surface area contributed by atoms with Crippen LogP contribution in [0.4, 0.5) is 0 Å². The van der Waals surface area contributed by atoms with Gasteiger partial charge in [-0.15, -0.1) is 0 Å². The molecule has 2 atom stereocenters. The monoisotopic (exact) mass is 174 g/mol. The van der Waals surface area contributed by atoms with E-state index >= 15 is 0 Å². The van der Waals surface area contributed by atoms with Gasteiger partial charge in [-0.05, 0) is 25.7 Å². The summed E-state index contributed by atoms with van der Waals surface area (Å²) >= 11 is 0. The van der Waals surface area contributed by atoms with Crippen molar-refractivity contribution in [3.63, 3.8) is 0 Å². The Morgan fingerprint density at radius 1 is 0.750 bits per heavy atom. The van der Waals surface area contributed by atoms with E-state index in [9.17, 15) is 10.2 Å². The topological polar surface area (TPSA) is 40.5 Å². The van der Waals surface area contributed by atoms with Gasteiger partial charge in [-0.25, -0.2) is 0 Å². The van der Waals surface area contributed by atoms with Gasteiger partial charge in [0.2, 0.25) is 0 Å². The molecule has 0 saturated heterocycles. The summed E-state index contributed by atoms with van der Waals surface area (Å²) in [5, 5.41) is 20.1. The van der Waals surface area contributed by atoms with Gasteiger partial charge in [-0.3, -0.25) is 0 Å². The van der Waals surface area contributed by atoms with E-state index in [0.717, 1.165) is 0 Å². The quantitative estimate of drug-likeness (QED) is 0.685. The summed E-state index contributed by atoms with van der Waals surface area (Å²) in [6, 6.07) is 0. The van der Waals surface area contributed by atoms with Gasteiger partial charge in [0.25, 0.3) is 0 Å². The maximum absolute atomic E-state index is 10.0. The first-order chi connectivity index (χ1) is 5.14. The molecule has 0 aliphatic heterocycles. The van der Waals surface area contributed by atoms with Crippen LogP contribution in [0.1, 0.15) is 41.5 Å². The molecule has 0 aromatic carbocycles. The Kier molecular flexibility index (Phi) is 3.32. The van der Waals surface area contributed by atoms with E-state index in [0.29, 0.717) is 0 Å². The summed E-state index contributed by atoms with van der Waals surface area (Å²) in [5.41, 5.74) is -2.05. The summed E-state index contributed by atoms with van der Waals surface area (Å²) in [5.74, 6) is 0.102. The van der Waals surface area contributed by atoms with Gasteiger partial charge in [-0.2, -0.15) is 0 Å². The van der Waals surface area contributed by atoms with Crippen LogP contribution in [0.25, 0.3) is 0 Å². The van der Waals surface area contributed by atoms with Gasteiger partial charge in [0.15, 0.2) is 0 Å². The van der Waals surface area contributed by atoms with E-state index in [-0.39, 0.29) is 11.8 Å². The molecule has 0 aromatic rings. The zero-order valence-electron chi connectivity index (χ0n) is 9.05. The molecule has 2 nitrogen and oxygen atoms in total. The zero-order chi connectivity index (χ0) is 10.2. The number of hydrogen-bond donors (Lipinski definition) is 2. The van der Waals surface area contributed by atoms with Crippen molar-refractivity contribution in [3.05, 3.63) is 0 Å². The molecule has 2 N–H and O–H groups in total. The van der Waals surface area contributed by atoms with Crippen LogP contribution in [0.2, 0.25) is 0 Å². The van der Waals surface area contributed by atoms with Gasteiger partial charge in [0, 0.05) is 0 Å². The summed E-state index contributed by atoms with van der Waals surface area (Å²) in [4.78, 5) is 0. The van der Waals surface area contributed by atoms with Crippen molar-refractivity contribution in [1.82, 2.24) is 0 Å². The zero-order valence-corrected chi connectivity index (χ0v) is 9.05.